The maximum absolute atomic E-state index is 9.61. The number of hydrogen-bond donors (Lipinski definition) is 1. The van der Waals surface area contributed by atoms with Crippen LogP contribution in [0.25, 0.3) is 0 Å². The van der Waals surface area contributed by atoms with Gasteiger partial charge in [-0.25, -0.2) is 4.98 Å². The third-order valence-electron chi connectivity index (χ3n) is 3.03. The van der Waals surface area contributed by atoms with Crippen molar-refractivity contribution in [2.24, 2.45) is 0 Å². The molecule has 0 radical (unpaired) electrons. The number of rotatable bonds is 4. The number of anilines is 1. The van der Waals surface area contributed by atoms with E-state index in [1.165, 1.54) is 0 Å². The zero-order chi connectivity index (χ0) is 12.4. The molecular formula is C12H20N2O2S. The Morgan fingerprint density at radius 2 is 2.41 bits per heavy atom. The molecule has 5 heteroatoms. The number of thiazole rings is 1. The maximum Gasteiger partial charge on any atom is 0.185 e. The van der Waals surface area contributed by atoms with Gasteiger partial charge in [-0.1, -0.05) is 11.3 Å². The number of aliphatic hydroxyl groups excluding tert-OH is 1. The summed E-state index contributed by atoms with van der Waals surface area (Å²) in [6.45, 7) is 5.49. The first-order chi connectivity index (χ1) is 8.08. The van der Waals surface area contributed by atoms with E-state index in [4.69, 9.17) is 4.74 Å². The SMILES string of the molecule is Cc1nc(N(C)CC2CCCO2)sc1C(C)O. The number of nitrogens with zero attached hydrogens (tertiary/aromatic N) is 2. The van der Waals surface area contributed by atoms with Gasteiger partial charge in [-0.15, -0.1) is 0 Å². The van der Waals surface area contributed by atoms with Gasteiger partial charge in [0.25, 0.3) is 0 Å². The molecule has 1 N–H and O–H groups in total. The van der Waals surface area contributed by atoms with Crippen molar-refractivity contribution in [3.05, 3.63) is 10.6 Å². The molecule has 1 aliphatic heterocycles. The van der Waals surface area contributed by atoms with Gasteiger partial charge in [-0.05, 0) is 26.7 Å². The van der Waals surface area contributed by atoms with Gasteiger partial charge in [0.1, 0.15) is 0 Å². The highest BCUT2D eigenvalue weighted by Gasteiger charge is 2.20. The lowest BCUT2D eigenvalue weighted by atomic mass is 10.2. The van der Waals surface area contributed by atoms with Crippen LogP contribution in [0.4, 0.5) is 5.13 Å². The fraction of sp³-hybridized carbons (Fsp3) is 0.750. The first-order valence-corrected chi connectivity index (χ1v) is 6.87. The van der Waals surface area contributed by atoms with E-state index in [-0.39, 0.29) is 0 Å². The highest BCUT2D eigenvalue weighted by atomic mass is 32.1. The summed E-state index contributed by atoms with van der Waals surface area (Å²) in [6, 6.07) is 0. The zero-order valence-electron chi connectivity index (χ0n) is 10.6. The van der Waals surface area contributed by atoms with Crippen LogP contribution in [0.5, 0.6) is 0 Å². The topological polar surface area (TPSA) is 45.6 Å². The largest absolute Gasteiger partial charge is 0.388 e. The molecule has 1 aromatic rings. The fourth-order valence-corrected chi connectivity index (χ4v) is 3.09. The molecule has 4 nitrogen and oxygen atoms in total. The normalized spacial score (nSPS) is 21.8. The fourth-order valence-electron chi connectivity index (χ4n) is 2.12. The van der Waals surface area contributed by atoms with Gasteiger partial charge < -0.3 is 14.7 Å². The summed E-state index contributed by atoms with van der Waals surface area (Å²) >= 11 is 1.57. The van der Waals surface area contributed by atoms with Crippen LogP contribution in [0.2, 0.25) is 0 Å². The molecule has 0 aliphatic carbocycles. The summed E-state index contributed by atoms with van der Waals surface area (Å²) in [6.07, 6.45) is 2.20. The number of aromatic nitrogens is 1. The van der Waals surface area contributed by atoms with Crippen molar-refractivity contribution in [2.75, 3.05) is 25.1 Å². The average Bonchev–Trinajstić information content (AvgIpc) is 2.86. The van der Waals surface area contributed by atoms with E-state index >= 15 is 0 Å². The van der Waals surface area contributed by atoms with Gasteiger partial charge in [0, 0.05) is 20.2 Å². The Balaban J connectivity index is 2.03. The second-order valence-corrected chi connectivity index (χ2v) is 5.65. The second-order valence-electron chi connectivity index (χ2n) is 4.64. The molecule has 0 spiro atoms. The van der Waals surface area contributed by atoms with Crippen LogP contribution in [0.15, 0.2) is 0 Å². The van der Waals surface area contributed by atoms with Gasteiger partial charge in [0.15, 0.2) is 5.13 Å². The van der Waals surface area contributed by atoms with Crippen molar-refractivity contribution in [2.45, 2.75) is 38.9 Å². The second kappa shape index (κ2) is 5.33. The lowest BCUT2D eigenvalue weighted by Crippen LogP contribution is -2.28. The molecule has 96 valence electrons. The van der Waals surface area contributed by atoms with Crippen LogP contribution < -0.4 is 4.90 Å². The summed E-state index contributed by atoms with van der Waals surface area (Å²) in [5.41, 5.74) is 0.930. The highest BCUT2D eigenvalue weighted by Crippen LogP contribution is 2.30. The number of hydrogen-bond acceptors (Lipinski definition) is 5. The quantitative estimate of drug-likeness (QED) is 0.896. The van der Waals surface area contributed by atoms with E-state index in [1.807, 2.05) is 14.0 Å². The molecular weight excluding hydrogens is 236 g/mol. The minimum absolute atomic E-state index is 0.333. The molecule has 0 aromatic carbocycles. The number of ether oxygens (including phenoxy) is 1. The molecule has 2 atom stereocenters. The Hall–Kier alpha value is -0.650. The van der Waals surface area contributed by atoms with Crippen LogP contribution in [0.3, 0.4) is 0 Å². The van der Waals surface area contributed by atoms with Gasteiger partial charge in [-0.2, -0.15) is 0 Å². The van der Waals surface area contributed by atoms with Crippen molar-refractivity contribution in [3.8, 4) is 0 Å². The predicted molar refractivity (Wildman–Crippen MR) is 69.7 cm³/mol. The van der Waals surface area contributed by atoms with Gasteiger partial charge >= 0.3 is 0 Å². The first kappa shape index (κ1) is 12.8. The van der Waals surface area contributed by atoms with Crippen molar-refractivity contribution < 1.29 is 9.84 Å². The lowest BCUT2D eigenvalue weighted by Gasteiger charge is -2.19. The van der Waals surface area contributed by atoms with E-state index in [0.29, 0.717) is 6.10 Å². The van der Waals surface area contributed by atoms with E-state index in [0.717, 1.165) is 41.7 Å². The van der Waals surface area contributed by atoms with Gasteiger partial charge in [0.05, 0.1) is 22.8 Å². The van der Waals surface area contributed by atoms with Gasteiger partial charge in [-0.3, -0.25) is 0 Å². The third-order valence-corrected chi connectivity index (χ3v) is 4.47. The molecule has 2 heterocycles. The lowest BCUT2D eigenvalue weighted by molar-refractivity contribution is 0.116. The minimum Gasteiger partial charge on any atom is -0.388 e. The molecule has 2 rings (SSSR count). The number of likely N-dealkylation sites (N-methyl/N-ethyl adjacent to an activating group) is 1. The van der Waals surface area contributed by atoms with Crippen LogP contribution in [0, 0.1) is 6.92 Å². The van der Waals surface area contributed by atoms with Crippen molar-refractivity contribution in [1.82, 2.24) is 4.98 Å². The Labute approximate surface area is 106 Å². The minimum atomic E-state index is -0.433. The van der Waals surface area contributed by atoms with Crippen LogP contribution in [-0.4, -0.2) is 36.4 Å². The molecule has 1 fully saturated rings. The smallest absolute Gasteiger partial charge is 0.185 e. The number of aryl methyl sites for hydroxylation is 1. The van der Waals surface area contributed by atoms with E-state index in [2.05, 4.69) is 9.88 Å². The van der Waals surface area contributed by atoms with E-state index in [1.54, 1.807) is 18.3 Å². The third kappa shape index (κ3) is 2.97. The van der Waals surface area contributed by atoms with Crippen molar-refractivity contribution in [1.29, 1.82) is 0 Å². The van der Waals surface area contributed by atoms with Crippen molar-refractivity contribution >= 4 is 16.5 Å². The zero-order valence-corrected chi connectivity index (χ0v) is 11.5. The van der Waals surface area contributed by atoms with Crippen LogP contribution in [0.1, 0.15) is 36.4 Å². The molecule has 1 aliphatic rings. The average molecular weight is 256 g/mol. The summed E-state index contributed by atoms with van der Waals surface area (Å²) in [5.74, 6) is 0. The van der Waals surface area contributed by atoms with Crippen molar-refractivity contribution in [3.63, 3.8) is 0 Å². The van der Waals surface area contributed by atoms with E-state index in [9.17, 15) is 5.11 Å². The van der Waals surface area contributed by atoms with Gasteiger partial charge in [0.2, 0.25) is 0 Å². The molecule has 1 saturated heterocycles. The molecule has 0 bridgehead atoms. The first-order valence-electron chi connectivity index (χ1n) is 6.06. The van der Waals surface area contributed by atoms with E-state index < -0.39 is 6.10 Å². The number of aliphatic hydroxyl groups is 1. The van der Waals surface area contributed by atoms with Crippen LogP contribution >= 0.6 is 11.3 Å². The Kier molecular flexibility index (Phi) is 4.01. The van der Waals surface area contributed by atoms with Crippen LogP contribution in [-0.2, 0) is 4.74 Å². The predicted octanol–water partition coefficient (Wildman–Crippen LogP) is 2.12. The molecule has 0 saturated carbocycles. The Bertz CT molecular complexity index is 373. The monoisotopic (exact) mass is 256 g/mol. The molecule has 0 amide bonds. The molecule has 2 unspecified atom stereocenters. The highest BCUT2D eigenvalue weighted by molar-refractivity contribution is 7.15. The summed E-state index contributed by atoms with van der Waals surface area (Å²) in [4.78, 5) is 7.58. The summed E-state index contributed by atoms with van der Waals surface area (Å²) in [5, 5.41) is 10.6. The Morgan fingerprint density at radius 1 is 1.65 bits per heavy atom. The Morgan fingerprint density at radius 3 is 2.94 bits per heavy atom. The summed E-state index contributed by atoms with van der Waals surface area (Å²) < 4.78 is 5.62. The standard InChI is InChI=1S/C12H20N2O2S/c1-8-11(9(2)15)17-12(13-8)14(3)7-10-5-4-6-16-10/h9-10,15H,4-7H2,1-3H3. The molecule has 17 heavy (non-hydrogen) atoms. The maximum atomic E-state index is 9.61. The summed E-state index contributed by atoms with van der Waals surface area (Å²) in [7, 11) is 2.03. The molecule has 1 aromatic heterocycles.